The largest absolute Gasteiger partial charge is 0.494 e. The first-order valence-corrected chi connectivity index (χ1v) is 8.12. The lowest BCUT2D eigenvalue weighted by Gasteiger charge is -2.19. The maximum absolute atomic E-state index is 11.7. The minimum atomic E-state index is -0.628. The summed E-state index contributed by atoms with van der Waals surface area (Å²) in [6, 6.07) is 10.4. The van der Waals surface area contributed by atoms with Crippen molar-refractivity contribution in [3.63, 3.8) is 0 Å². The fraction of sp³-hybridized carbons (Fsp3) is 0.316. The molecule has 2 rings (SSSR count). The van der Waals surface area contributed by atoms with E-state index in [1.807, 2.05) is 39.0 Å². The number of carbonyl (C=O) groups excluding carboxylic acids is 1. The van der Waals surface area contributed by atoms with Crippen LogP contribution in [0.15, 0.2) is 36.4 Å². The number of nitrogens with one attached hydrogen (secondary N) is 1. The number of ether oxygens (including phenoxy) is 2. The number of aryl methyl sites for hydroxylation is 2. The quantitative estimate of drug-likeness (QED) is 0.617. The van der Waals surface area contributed by atoms with Crippen LogP contribution < -0.4 is 19.9 Å². The highest BCUT2D eigenvalue weighted by Gasteiger charge is 2.17. The summed E-state index contributed by atoms with van der Waals surface area (Å²) < 4.78 is 11.4. The monoisotopic (exact) mass is 344 g/mol. The van der Waals surface area contributed by atoms with E-state index in [0.29, 0.717) is 28.7 Å². The zero-order valence-corrected chi connectivity index (χ0v) is 15.0. The summed E-state index contributed by atoms with van der Waals surface area (Å²) in [7, 11) is 1.45. The summed E-state index contributed by atoms with van der Waals surface area (Å²) in [5.41, 5.74) is 3.16. The number of carbonyl (C=O) groups is 1. The maximum Gasteiger partial charge on any atom is 0.345 e. The van der Waals surface area contributed by atoms with Crippen molar-refractivity contribution in [2.75, 3.05) is 18.7 Å². The lowest BCUT2D eigenvalue weighted by atomic mass is 10.1. The van der Waals surface area contributed by atoms with E-state index in [1.54, 1.807) is 18.2 Å². The lowest BCUT2D eigenvalue weighted by molar-refractivity contribution is 0.205. The molecule has 2 N–H and O–H groups in total. The summed E-state index contributed by atoms with van der Waals surface area (Å²) >= 11 is 0. The van der Waals surface area contributed by atoms with Crippen LogP contribution in [0.2, 0.25) is 0 Å². The highest BCUT2D eigenvalue weighted by Crippen LogP contribution is 2.27. The average molecular weight is 344 g/mol. The Balaban J connectivity index is 2.28. The molecule has 6 nitrogen and oxygen atoms in total. The summed E-state index contributed by atoms with van der Waals surface area (Å²) in [5.74, 6) is 1.40. The highest BCUT2D eigenvalue weighted by atomic mass is 16.5. The van der Waals surface area contributed by atoms with Crippen molar-refractivity contribution < 1.29 is 19.5 Å². The fourth-order valence-electron chi connectivity index (χ4n) is 2.47. The molecule has 0 heterocycles. The van der Waals surface area contributed by atoms with Gasteiger partial charge in [0, 0.05) is 12.6 Å². The van der Waals surface area contributed by atoms with E-state index < -0.39 is 6.03 Å². The summed E-state index contributed by atoms with van der Waals surface area (Å²) in [6.45, 7) is 6.60. The third-order valence-electron chi connectivity index (χ3n) is 3.71. The van der Waals surface area contributed by atoms with Gasteiger partial charge in [0.15, 0.2) is 0 Å². The molecule has 2 aromatic rings. The molecule has 134 valence electrons. The van der Waals surface area contributed by atoms with Crippen LogP contribution in [0.5, 0.6) is 11.5 Å². The van der Waals surface area contributed by atoms with Gasteiger partial charge in [0.05, 0.1) is 12.3 Å². The van der Waals surface area contributed by atoms with E-state index in [1.165, 1.54) is 7.05 Å². The molecule has 0 atom stereocenters. The van der Waals surface area contributed by atoms with E-state index in [2.05, 4.69) is 5.32 Å². The van der Waals surface area contributed by atoms with Gasteiger partial charge in [-0.05, 0) is 50.6 Å². The van der Waals surface area contributed by atoms with E-state index in [-0.39, 0.29) is 6.61 Å². The van der Waals surface area contributed by atoms with Crippen LogP contribution in [0, 0.1) is 13.8 Å². The SMILES string of the molecule is CCOc1ccc(N(O)C(=O)NC)c(COc2ccc(C)cc2C)c1. The third kappa shape index (κ3) is 4.64. The minimum absolute atomic E-state index is 0.189. The zero-order chi connectivity index (χ0) is 18.4. The molecule has 0 aliphatic heterocycles. The van der Waals surface area contributed by atoms with Gasteiger partial charge in [-0.1, -0.05) is 17.7 Å². The summed E-state index contributed by atoms with van der Waals surface area (Å²) in [6.07, 6.45) is 0. The zero-order valence-electron chi connectivity index (χ0n) is 15.0. The predicted molar refractivity (Wildman–Crippen MR) is 96.6 cm³/mol. The molecule has 0 unspecified atom stereocenters. The number of urea groups is 1. The van der Waals surface area contributed by atoms with Crippen LogP contribution >= 0.6 is 0 Å². The molecule has 0 aromatic heterocycles. The first kappa shape index (κ1) is 18.6. The average Bonchev–Trinajstić information content (AvgIpc) is 2.60. The van der Waals surface area contributed by atoms with E-state index >= 15 is 0 Å². The van der Waals surface area contributed by atoms with Crippen molar-refractivity contribution in [2.45, 2.75) is 27.4 Å². The first-order valence-electron chi connectivity index (χ1n) is 8.12. The molecule has 0 bridgehead atoms. The molecule has 0 aliphatic rings. The minimum Gasteiger partial charge on any atom is -0.494 e. The van der Waals surface area contributed by atoms with Gasteiger partial charge >= 0.3 is 6.03 Å². The Morgan fingerprint density at radius 1 is 1.16 bits per heavy atom. The van der Waals surface area contributed by atoms with Crippen molar-refractivity contribution in [2.24, 2.45) is 0 Å². The van der Waals surface area contributed by atoms with Gasteiger partial charge in [-0.2, -0.15) is 5.06 Å². The van der Waals surface area contributed by atoms with Crippen molar-refractivity contribution in [1.29, 1.82) is 0 Å². The molecule has 0 fully saturated rings. The second-order valence-electron chi connectivity index (χ2n) is 5.65. The van der Waals surface area contributed by atoms with E-state index in [4.69, 9.17) is 9.47 Å². The Kier molecular flexibility index (Phi) is 6.25. The predicted octanol–water partition coefficient (Wildman–Crippen LogP) is 3.82. The van der Waals surface area contributed by atoms with Gasteiger partial charge in [0.1, 0.15) is 18.1 Å². The van der Waals surface area contributed by atoms with Crippen molar-refractivity contribution in [3.8, 4) is 11.5 Å². The van der Waals surface area contributed by atoms with Gasteiger partial charge < -0.3 is 14.8 Å². The number of hydroxylamine groups is 1. The molecule has 0 spiro atoms. The number of benzene rings is 2. The number of anilines is 1. The van der Waals surface area contributed by atoms with Crippen molar-refractivity contribution in [3.05, 3.63) is 53.1 Å². The Labute approximate surface area is 147 Å². The number of hydrogen-bond donors (Lipinski definition) is 2. The topological polar surface area (TPSA) is 71.0 Å². The van der Waals surface area contributed by atoms with Crippen molar-refractivity contribution in [1.82, 2.24) is 5.32 Å². The standard InChI is InChI=1S/C19H24N2O4/c1-5-24-16-7-8-17(21(23)19(22)20-4)15(11-16)12-25-18-9-6-13(2)10-14(18)3/h6-11,23H,5,12H2,1-4H3,(H,20,22). The first-order chi connectivity index (χ1) is 12.0. The van der Waals surface area contributed by atoms with Crippen LogP contribution in [0.25, 0.3) is 0 Å². The van der Waals surface area contributed by atoms with E-state index in [9.17, 15) is 10.0 Å². The maximum atomic E-state index is 11.7. The lowest BCUT2D eigenvalue weighted by Crippen LogP contribution is -2.36. The molecule has 0 saturated heterocycles. The molecule has 0 aliphatic carbocycles. The molecule has 0 saturated carbocycles. The third-order valence-corrected chi connectivity index (χ3v) is 3.71. The van der Waals surface area contributed by atoms with Crippen molar-refractivity contribution >= 4 is 11.7 Å². The van der Waals surface area contributed by atoms with Crippen LogP contribution in [0.4, 0.5) is 10.5 Å². The number of rotatable bonds is 6. The van der Waals surface area contributed by atoms with Gasteiger partial charge in [0.2, 0.25) is 0 Å². The van der Waals surface area contributed by atoms with Gasteiger partial charge in [-0.25, -0.2) is 4.79 Å². The highest BCUT2D eigenvalue weighted by molar-refractivity contribution is 5.90. The van der Waals surface area contributed by atoms with Gasteiger partial charge in [0.25, 0.3) is 0 Å². The Morgan fingerprint density at radius 2 is 1.92 bits per heavy atom. The van der Waals surface area contributed by atoms with E-state index in [0.717, 1.165) is 16.9 Å². The molecule has 2 aromatic carbocycles. The normalized spacial score (nSPS) is 10.3. The van der Waals surface area contributed by atoms with Crippen LogP contribution in [0.1, 0.15) is 23.6 Å². The smallest absolute Gasteiger partial charge is 0.345 e. The number of nitrogens with zero attached hydrogens (tertiary/aromatic N) is 1. The summed E-state index contributed by atoms with van der Waals surface area (Å²) in [4.78, 5) is 11.7. The second kappa shape index (κ2) is 8.39. The Hall–Kier alpha value is -2.73. The number of amides is 2. The van der Waals surface area contributed by atoms with Gasteiger partial charge in [-0.3, -0.25) is 5.21 Å². The molecule has 0 radical (unpaired) electrons. The molecule has 2 amide bonds. The fourth-order valence-corrected chi connectivity index (χ4v) is 2.47. The van der Waals surface area contributed by atoms with Crippen LogP contribution in [0.3, 0.4) is 0 Å². The van der Waals surface area contributed by atoms with Crippen LogP contribution in [-0.4, -0.2) is 24.9 Å². The number of hydrogen-bond acceptors (Lipinski definition) is 4. The summed E-state index contributed by atoms with van der Waals surface area (Å²) in [5, 5.41) is 13.1. The molecule has 6 heteroatoms. The molecule has 25 heavy (non-hydrogen) atoms. The Morgan fingerprint density at radius 3 is 2.56 bits per heavy atom. The van der Waals surface area contributed by atoms with Gasteiger partial charge in [-0.15, -0.1) is 0 Å². The van der Waals surface area contributed by atoms with Crippen LogP contribution in [-0.2, 0) is 6.61 Å². The molecular formula is C19H24N2O4. The second-order valence-corrected chi connectivity index (χ2v) is 5.65. The molecular weight excluding hydrogens is 320 g/mol. The Bertz CT molecular complexity index is 746.